The van der Waals surface area contributed by atoms with E-state index in [0.29, 0.717) is 0 Å². The van der Waals surface area contributed by atoms with Gasteiger partial charge in [0.15, 0.2) is 0 Å². The van der Waals surface area contributed by atoms with E-state index in [0.717, 1.165) is 11.3 Å². The minimum Gasteiger partial charge on any atom is -0.465 e. The number of carbonyl (C=O) groups is 4. The van der Waals surface area contributed by atoms with Crippen molar-refractivity contribution >= 4 is 40.2 Å². The van der Waals surface area contributed by atoms with Crippen LogP contribution in [0.25, 0.3) is 0 Å². The second kappa shape index (κ2) is 8.87. The molecule has 9 nitrogen and oxygen atoms in total. The molecule has 3 N–H and O–H groups in total. The van der Waals surface area contributed by atoms with E-state index in [9.17, 15) is 19.2 Å². The quantitative estimate of drug-likeness (QED) is 0.531. The van der Waals surface area contributed by atoms with Gasteiger partial charge in [-0.1, -0.05) is 0 Å². The zero-order valence-electron chi connectivity index (χ0n) is 13.5. The molecule has 0 aliphatic heterocycles. The van der Waals surface area contributed by atoms with Crippen LogP contribution in [-0.4, -0.2) is 44.6 Å². The molecule has 0 saturated carbocycles. The topological polar surface area (TPSA) is 134 Å². The zero-order chi connectivity index (χ0) is 18.3. The molecule has 132 valence electrons. The molecule has 0 unspecified atom stereocenters. The van der Waals surface area contributed by atoms with E-state index in [-0.39, 0.29) is 46.5 Å². The molecule has 1 rings (SSSR count). The van der Waals surface area contributed by atoms with Crippen LogP contribution in [0.5, 0.6) is 0 Å². The summed E-state index contributed by atoms with van der Waals surface area (Å²) >= 11 is 0.845. The van der Waals surface area contributed by atoms with Gasteiger partial charge in [-0.2, -0.15) is 0 Å². The first kappa shape index (κ1) is 19.4. The molecule has 10 heteroatoms. The van der Waals surface area contributed by atoms with E-state index in [1.54, 1.807) is 0 Å². The maximum absolute atomic E-state index is 11.8. The molecule has 0 bridgehead atoms. The highest BCUT2D eigenvalue weighted by molar-refractivity contribution is 7.18. The average Bonchev–Trinajstić information content (AvgIpc) is 2.87. The molecule has 0 aromatic carbocycles. The monoisotopic (exact) mass is 358 g/mol. The number of nitrogens with two attached hydrogens (primary N) is 1. The number of thiophene rings is 1. The Balaban J connectivity index is 2.91. The first-order valence-corrected chi connectivity index (χ1v) is 7.61. The summed E-state index contributed by atoms with van der Waals surface area (Å²) in [6.45, 7) is 1.10. The molecule has 24 heavy (non-hydrogen) atoms. The fourth-order valence-corrected chi connectivity index (χ4v) is 2.75. The third-order valence-corrected chi connectivity index (χ3v) is 3.92. The summed E-state index contributed by atoms with van der Waals surface area (Å²) in [4.78, 5) is 46.1. The van der Waals surface area contributed by atoms with Gasteiger partial charge in [-0.05, 0) is 0 Å². The second-order valence-electron chi connectivity index (χ2n) is 4.53. The number of nitrogens with one attached hydrogen (secondary N) is 1. The maximum Gasteiger partial charge on any atom is 0.348 e. The number of rotatable bonds is 7. The molecule has 0 atom stereocenters. The number of methoxy groups -OCH3 is 2. The predicted octanol–water partition coefficient (Wildman–Crippen LogP) is 0.473. The Morgan fingerprint density at radius 2 is 1.75 bits per heavy atom. The van der Waals surface area contributed by atoms with Crippen LogP contribution in [0.15, 0.2) is 0 Å². The van der Waals surface area contributed by atoms with Gasteiger partial charge in [-0.25, -0.2) is 9.59 Å². The van der Waals surface area contributed by atoms with Crippen molar-refractivity contribution in [1.29, 1.82) is 0 Å². The molecule has 1 aromatic heterocycles. The summed E-state index contributed by atoms with van der Waals surface area (Å²) < 4.78 is 14.3. The molecule has 0 saturated heterocycles. The molecule has 0 aliphatic rings. The molecular weight excluding hydrogens is 340 g/mol. The Bertz CT molecular complexity index is 654. The fraction of sp³-hybridized carbons (Fsp3) is 0.429. The van der Waals surface area contributed by atoms with Gasteiger partial charge >= 0.3 is 17.9 Å². The van der Waals surface area contributed by atoms with Crippen LogP contribution < -0.4 is 11.1 Å². The molecule has 1 amide bonds. The highest BCUT2D eigenvalue weighted by Crippen LogP contribution is 2.33. The van der Waals surface area contributed by atoms with Crippen molar-refractivity contribution in [1.82, 2.24) is 5.32 Å². The Hall–Kier alpha value is -2.62. The van der Waals surface area contributed by atoms with Gasteiger partial charge in [0, 0.05) is 19.0 Å². The number of esters is 3. The summed E-state index contributed by atoms with van der Waals surface area (Å²) in [6, 6.07) is 0. The summed E-state index contributed by atoms with van der Waals surface area (Å²) in [5.41, 5.74) is 5.85. The lowest BCUT2D eigenvalue weighted by molar-refractivity contribution is -0.144. The highest BCUT2D eigenvalue weighted by atomic mass is 32.1. The number of ether oxygens (including phenoxy) is 3. The average molecular weight is 358 g/mol. The summed E-state index contributed by atoms with van der Waals surface area (Å²) in [7, 11) is 2.35. The lowest BCUT2D eigenvalue weighted by atomic mass is 10.1. The molecule has 1 aromatic rings. The van der Waals surface area contributed by atoms with Crippen LogP contribution in [0, 0.1) is 0 Å². The van der Waals surface area contributed by atoms with Crippen LogP contribution in [0.3, 0.4) is 0 Å². The molecule has 1 heterocycles. The fourth-order valence-electron chi connectivity index (χ4n) is 1.77. The van der Waals surface area contributed by atoms with E-state index in [1.807, 2.05) is 0 Å². The molecule has 0 spiro atoms. The number of anilines is 1. The summed E-state index contributed by atoms with van der Waals surface area (Å²) in [6.07, 6.45) is -0.0552. The Kier molecular flexibility index (Phi) is 7.18. The van der Waals surface area contributed by atoms with Crippen molar-refractivity contribution in [2.75, 3.05) is 26.5 Å². The molecule has 0 aliphatic carbocycles. The van der Waals surface area contributed by atoms with Crippen molar-refractivity contribution in [3.05, 3.63) is 16.0 Å². The minimum absolute atomic E-state index is 0.0300. The van der Waals surface area contributed by atoms with Gasteiger partial charge in [0.25, 0.3) is 0 Å². The largest absolute Gasteiger partial charge is 0.465 e. The van der Waals surface area contributed by atoms with Gasteiger partial charge in [-0.15, -0.1) is 11.3 Å². The van der Waals surface area contributed by atoms with Gasteiger partial charge in [0.1, 0.15) is 22.0 Å². The standard InChI is InChI=1S/C14H18N2O7S/c1-7(17)16-5-4-9(18)23-6-8-10(13(19)21-2)12(15)24-11(8)14(20)22-3/h4-6,15H2,1-3H3,(H,16,17). The van der Waals surface area contributed by atoms with Crippen molar-refractivity contribution in [2.24, 2.45) is 0 Å². The van der Waals surface area contributed by atoms with Gasteiger partial charge < -0.3 is 25.3 Å². The Labute approximate surface area is 142 Å². The summed E-state index contributed by atoms with van der Waals surface area (Å²) in [5, 5.41) is 2.51. The van der Waals surface area contributed by atoms with Crippen LogP contribution in [0.1, 0.15) is 38.9 Å². The van der Waals surface area contributed by atoms with Crippen molar-refractivity contribution in [2.45, 2.75) is 20.0 Å². The predicted molar refractivity (Wildman–Crippen MR) is 84.5 cm³/mol. The summed E-state index contributed by atoms with van der Waals surface area (Å²) in [5.74, 6) is -2.33. The zero-order valence-corrected chi connectivity index (χ0v) is 14.3. The number of nitrogen functional groups attached to an aromatic ring is 1. The Morgan fingerprint density at radius 3 is 2.29 bits per heavy atom. The van der Waals surface area contributed by atoms with Crippen molar-refractivity contribution in [3.8, 4) is 0 Å². The minimum atomic E-state index is -0.747. The first-order chi connectivity index (χ1) is 11.3. The van der Waals surface area contributed by atoms with E-state index < -0.39 is 17.9 Å². The Morgan fingerprint density at radius 1 is 1.12 bits per heavy atom. The van der Waals surface area contributed by atoms with Crippen molar-refractivity contribution < 1.29 is 33.4 Å². The second-order valence-corrected chi connectivity index (χ2v) is 5.58. The lowest BCUT2D eigenvalue weighted by Crippen LogP contribution is -2.23. The van der Waals surface area contributed by atoms with Crippen LogP contribution in [-0.2, 0) is 30.4 Å². The van der Waals surface area contributed by atoms with Crippen LogP contribution in [0.4, 0.5) is 5.00 Å². The number of hydrogen-bond donors (Lipinski definition) is 2. The third-order valence-electron chi connectivity index (χ3n) is 2.88. The number of carbonyl (C=O) groups excluding carboxylic acids is 4. The van der Waals surface area contributed by atoms with E-state index in [1.165, 1.54) is 21.1 Å². The normalized spacial score (nSPS) is 9.96. The number of hydrogen-bond acceptors (Lipinski definition) is 9. The van der Waals surface area contributed by atoms with E-state index in [4.69, 9.17) is 10.5 Å². The molecular formula is C14H18N2O7S. The maximum atomic E-state index is 11.8. The van der Waals surface area contributed by atoms with E-state index >= 15 is 0 Å². The van der Waals surface area contributed by atoms with E-state index in [2.05, 4.69) is 14.8 Å². The SMILES string of the molecule is COC(=O)c1sc(N)c(C(=O)OC)c1COC(=O)CCNC(C)=O. The smallest absolute Gasteiger partial charge is 0.348 e. The first-order valence-electron chi connectivity index (χ1n) is 6.79. The molecule has 0 fully saturated rings. The lowest BCUT2D eigenvalue weighted by Gasteiger charge is -2.08. The third kappa shape index (κ3) is 4.95. The van der Waals surface area contributed by atoms with Crippen molar-refractivity contribution in [3.63, 3.8) is 0 Å². The van der Waals surface area contributed by atoms with Gasteiger partial charge in [0.2, 0.25) is 5.91 Å². The van der Waals surface area contributed by atoms with Gasteiger partial charge in [-0.3, -0.25) is 9.59 Å². The molecule has 0 radical (unpaired) electrons. The van der Waals surface area contributed by atoms with Crippen LogP contribution in [0.2, 0.25) is 0 Å². The number of amides is 1. The van der Waals surface area contributed by atoms with Crippen LogP contribution >= 0.6 is 11.3 Å². The van der Waals surface area contributed by atoms with Gasteiger partial charge in [0.05, 0.1) is 20.6 Å². The highest BCUT2D eigenvalue weighted by Gasteiger charge is 2.27.